The molecule has 0 amide bonds. The summed E-state index contributed by atoms with van der Waals surface area (Å²) in [4.78, 5) is 11.5. The van der Waals surface area contributed by atoms with E-state index in [-0.39, 0.29) is 11.3 Å². The van der Waals surface area contributed by atoms with E-state index in [9.17, 15) is 4.79 Å². The molecular formula is C16H26O. The normalized spacial score (nSPS) is 50.4. The standard InChI is InChI=1S/C16H26O/c1-10-6-11(2)15-14(9-17)13(4)12(3)8-16(15,5)7-10/h8-11,13-15H,6-7H2,1-5H3/t10-,11+,13-,14-,15+,16+/m1/s1. The summed E-state index contributed by atoms with van der Waals surface area (Å²) >= 11 is 0. The van der Waals surface area contributed by atoms with Gasteiger partial charge >= 0.3 is 0 Å². The smallest absolute Gasteiger partial charge is 0.123 e. The lowest BCUT2D eigenvalue weighted by Crippen LogP contribution is -2.47. The van der Waals surface area contributed by atoms with E-state index in [2.05, 4.69) is 40.7 Å². The van der Waals surface area contributed by atoms with E-state index in [1.807, 2.05) is 0 Å². The van der Waals surface area contributed by atoms with Gasteiger partial charge in [0.1, 0.15) is 6.29 Å². The first-order valence-electron chi connectivity index (χ1n) is 7.03. The van der Waals surface area contributed by atoms with E-state index >= 15 is 0 Å². The van der Waals surface area contributed by atoms with Gasteiger partial charge in [0.05, 0.1) is 0 Å². The Hall–Kier alpha value is -0.590. The fourth-order valence-electron chi connectivity index (χ4n) is 4.84. The first kappa shape index (κ1) is 12.9. The maximum absolute atomic E-state index is 11.5. The van der Waals surface area contributed by atoms with E-state index in [4.69, 9.17) is 0 Å². The molecule has 0 N–H and O–H groups in total. The SMILES string of the molecule is CC1=C[C@]2(C)C[C@H](C)C[C@H](C)[C@H]2[C@H](C=O)[C@@H]1C. The molecule has 1 saturated carbocycles. The Labute approximate surface area is 106 Å². The van der Waals surface area contributed by atoms with Crippen LogP contribution in [0.25, 0.3) is 0 Å². The van der Waals surface area contributed by atoms with Crippen molar-refractivity contribution in [3.8, 4) is 0 Å². The molecule has 17 heavy (non-hydrogen) atoms. The summed E-state index contributed by atoms with van der Waals surface area (Å²) in [6, 6.07) is 0. The van der Waals surface area contributed by atoms with Gasteiger partial charge in [-0.15, -0.1) is 0 Å². The molecule has 0 aromatic heterocycles. The average Bonchev–Trinajstić information content (AvgIpc) is 2.20. The molecule has 0 aromatic rings. The maximum atomic E-state index is 11.5. The summed E-state index contributed by atoms with van der Waals surface area (Å²) in [5, 5.41) is 0. The van der Waals surface area contributed by atoms with Gasteiger partial charge in [-0.05, 0) is 48.9 Å². The van der Waals surface area contributed by atoms with Crippen LogP contribution in [0.2, 0.25) is 0 Å². The number of carbonyl (C=O) groups is 1. The number of hydrogen-bond donors (Lipinski definition) is 0. The molecule has 2 aliphatic rings. The lowest BCUT2D eigenvalue weighted by Gasteiger charge is -2.53. The molecule has 0 saturated heterocycles. The zero-order valence-corrected chi connectivity index (χ0v) is 11.9. The molecule has 1 nitrogen and oxygen atoms in total. The maximum Gasteiger partial charge on any atom is 0.123 e. The molecule has 6 atom stereocenters. The van der Waals surface area contributed by atoms with Crippen molar-refractivity contribution in [2.45, 2.75) is 47.5 Å². The van der Waals surface area contributed by atoms with E-state index in [1.165, 1.54) is 24.7 Å². The zero-order chi connectivity index (χ0) is 12.8. The molecule has 0 bridgehead atoms. The fraction of sp³-hybridized carbons (Fsp3) is 0.812. The van der Waals surface area contributed by atoms with Gasteiger partial charge in [-0.2, -0.15) is 0 Å². The van der Waals surface area contributed by atoms with Crippen LogP contribution in [-0.2, 0) is 4.79 Å². The van der Waals surface area contributed by atoms with Crippen molar-refractivity contribution in [2.24, 2.45) is 35.0 Å². The van der Waals surface area contributed by atoms with Crippen molar-refractivity contribution in [3.63, 3.8) is 0 Å². The van der Waals surface area contributed by atoms with Gasteiger partial charge in [-0.3, -0.25) is 0 Å². The Balaban J connectivity index is 2.44. The van der Waals surface area contributed by atoms with Crippen LogP contribution in [0.3, 0.4) is 0 Å². The fourth-order valence-corrected chi connectivity index (χ4v) is 4.84. The van der Waals surface area contributed by atoms with Gasteiger partial charge in [-0.25, -0.2) is 0 Å². The largest absolute Gasteiger partial charge is 0.303 e. The van der Waals surface area contributed by atoms with Crippen LogP contribution in [0.5, 0.6) is 0 Å². The van der Waals surface area contributed by atoms with Gasteiger partial charge in [0.2, 0.25) is 0 Å². The molecule has 0 unspecified atom stereocenters. The van der Waals surface area contributed by atoms with Crippen LogP contribution in [0.4, 0.5) is 0 Å². The third kappa shape index (κ3) is 1.98. The first-order chi connectivity index (χ1) is 7.89. The minimum atomic E-state index is 0.229. The quantitative estimate of drug-likeness (QED) is 0.493. The van der Waals surface area contributed by atoms with E-state index in [0.29, 0.717) is 17.8 Å². The first-order valence-corrected chi connectivity index (χ1v) is 7.03. The van der Waals surface area contributed by atoms with Crippen LogP contribution >= 0.6 is 0 Å². The highest BCUT2D eigenvalue weighted by molar-refractivity contribution is 5.57. The van der Waals surface area contributed by atoms with Crippen LogP contribution in [0.1, 0.15) is 47.5 Å². The minimum absolute atomic E-state index is 0.229. The van der Waals surface area contributed by atoms with E-state index in [0.717, 1.165) is 5.92 Å². The molecule has 0 spiro atoms. The molecule has 1 fully saturated rings. The van der Waals surface area contributed by atoms with E-state index < -0.39 is 0 Å². The third-order valence-corrected chi connectivity index (χ3v) is 5.36. The van der Waals surface area contributed by atoms with Crippen molar-refractivity contribution >= 4 is 6.29 Å². The van der Waals surface area contributed by atoms with Crippen LogP contribution in [0, 0.1) is 35.0 Å². The molecule has 0 aliphatic heterocycles. The van der Waals surface area contributed by atoms with Crippen molar-refractivity contribution in [3.05, 3.63) is 11.6 Å². The molecule has 1 heteroatoms. The molecule has 0 radical (unpaired) electrons. The molecule has 0 aromatic carbocycles. The van der Waals surface area contributed by atoms with Crippen molar-refractivity contribution in [1.29, 1.82) is 0 Å². The summed E-state index contributed by atoms with van der Waals surface area (Å²) in [6.45, 7) is 11.5. The van der Waals surface area contributed by atoms with Gasteiger partial charge in [0.25, 0.3) is 0 Å². The summed E-state index contributed by atoms with van der Waals surface area (Å²) in [6.07, 6.45) is 6.24. The lowest BCUT2D eigenvalue weighted by atomic mass is 9.51. The molecular weight excluding hydrogens is 208 g/mol. The summed E-state index contributed by atoms with van der Waals surface area (Å²) in [7, 11) is 0. The number of allylic oxidation sites excluding steroid dienone is 2. The van der Waals surface area contributed by atoms with Gasteiger partial charge in [0.15, 0.2) is 0 Å². The minimum Gasteiger partial charge on any atom is -0.303 e. The topological polar surface area (TPSA) is 17.1 Å². The molecule has 0 heterocycles. The highest BCUT2D eigenvalue weighted by Gasteiger charge is 2.49. The van der Waals surface area contributed by atoms with Gasteiger partial charge in [0, 0.05) is 5.92 Å². The Kier molecular flexibility index (Phi) is 3.22. The Bertz CT molecular complexity index is 343. The van der Waals surface area contributed by atoms with Crippen LogP contribution in [-0.4, -0.2) is 6.29 Å². The van der Waals surface area contributed by atoms with Crippen LogP contribution < -0.4 is 0 Å². The Morgan fingerprint density at radius 3 is 2.59 bits per heavy atom. The highest BCUT2D eigenvalue weighted by Crippen LogP contribution is 2.55. The third-order valence-electron chi connectivity index (χ3n) is 5.36. The lowest BCUT2D eigenvalue weighted by molar-refractivity contribution is -0.119. The molecule has 2 rings (SSSR count). The number of rotatable bonds is 1. The average molecular weight is 234 g/mol. The van der Waals surface area contributed by atoms with Crippen molar-refractivity contribution < 1.29 is 4.79 Å². The van der Waals surface area contributed by atoms with Crippen LogP contribution in [0.15, 0.2) is 11.6 Å². The predicted molar refractivity (Wildman–Crippen MR) is 71.6 cm³/mol. The monoisotopic (exact) mass is 234 g/mol. The second kappa shape index (κ2) is 4.26. The summed E-state index contributed by atoms with van der Waals surface area (Å²) in [5.74, 6) is 2.67. The Morgan fingerprint density at radius 1 is 1.35 bits per heavy atom. The van der Waals surface area contributed by atoms with Crippen molar-refractivity contribution in [2.75, 3.05) is 0 Å². The highest BCUT2D eigenvalue weighted by atomic mass is 16.1. The summed E-state index contributed by atoms with van der Waals surface area (Å²) in [5.41, 5.74) is 1.67. The predicted octanol–water partition coefficient (Wildman–Crippen LogP) is 4.09. The number of hydrogen-bond acceptors (Lipinski definition) is 1. The van der Waals surface area contributed by atoms with Crippen molar-refractivity contribution in [1.82, 2.24) is 0 Å². The second-order valence-corrected chi connectivity index (χ2v) is 6.94. The van der Waals surface area contributed by atoms with Gasteiger partial charge < -0.3 is 4.79 Å². The zero-order valence-electron chi connectivity index (χ0n) is 11.9. The van der Waals surface area contributed by atoms with E-state index in [1.54, 1.807) is 0 Å². The molecule has 2 aliphatic carbocycles. The second-order valence-electron chi connectivity index (χ2n) is 6.94. The van der Waals surface area contributed by atoms with Gasteiger partial charge in [-0.1, -0.05) is 39.3 Å². The Morgan fingerprint density at radius 2 is 2.00 bits per heavy atom. The number of carbonyl (C=O) groups excluding carboxylic acids is 1. The molecule has 96 valence electrons. The summed E-state index contributed by atoms with van der Waals surface area (Å²) < 4.78 is 0. The number of aldehydes is 1. The number of fused-ring (bicyclic) bond motifs is 1.